The fraction of sp³-hybridized carbons (Fsp3) is 0.0508. The molecule has 0 saturated heterocycles. The van der Waals surface area contributed by atoms with Crippen LogP contribution in [0.25, 0.3) is 65.3 Å². The van der Waals surface area contributed by atoms with Crippen LogP contribution in [-0.4, -0.2) is 14.8 Å². The van der Waals surface area contributed by atoms with Gasteiger partial charge in [-0.05, 0) is 102 Å². The zero-order valence-electron chi connectivity index (χ0n) is 35.7. The van der Waals surface area contributed by atoms with E-state index in [2.05, 4.69) is 213 Å². The van der Waals surface area contributed by atoms with E-state index >= 15 is 4.39 Å². The van der Waals surface area contributed by atoms with E-state index in [1.807, 2.05) is 24.3 Å². The van der Waals surface area contributed by atoms with Crippen molar-refractivity contribution < 1.29 is 4.39 Å². The number of nitrogens with zero attached hydrogens (tertiary/aromatic N) is 1. The first-order chi connectivity index (χ1) is 30.8. The van der Waals surface area contributed by atoms with Crippen molar-refractivity contribution in [3.63, 3.8) is 0 Å². The first-order valence-electron chi connectivity index (χ1n) is 21.9. The van der Waals surface area contributed by atoms with Gasteiger partial charge in [-0.1, -0.05) is 212 Å². The second-order valence-electron chi connectivity index (χ2n) is 17.8. The molecule has 0 aliphatic carbocycles. The van der Waals surface area contributed by atoms with Gasteiger partial charge in [0.05, 0.1) is 13.8 Å². The Hall–Kier alpha value is -7.27. The molecule has 0 aromatic heterocycles. The van der Waals surface area contributed by atoms with Gasteiger partial charge in [-0.3, -0.25) is 0 Å². The van der Waals surface area contributed by atoms with Gasteiger partial charge in [-0.25, -0.2) is 4.39 Å². The molecule has 4 heteroatoms. The Morgan fingerprint density at radius 3 is 1.60 bits per heavy atom. The van der Waals surface area contributed by atoms with Crippen molar-refractivity contribution in [1.29, 1.82) is 0 Å². The fourth-order valence-electron chi connectivity index (χ4n) is 9.97. The van der Waals surface area contributed by atoms with Gasteiger partial charge in [-0.15, -0.1) is 0 Å². The van der Waals surface area contributed by atoms with E-state index in [4.69, 9.17) is 0 Å². The molecule has 0 amide bonds. The van der Waals surface area contributed by atoms with E-state index in [1.54, 1.807) is 6.07 Å². The molecule has 0 aliphatic heterocycles. The summed E-state index contributed by atoms with van der Waals surface area (Å²) in [5.41, 5.74) is 9.86. The summed E-state index contributed by atoms with van der Waals surface area (Å²) in [6.45, 7) is 6.72. The molecule has 0 fully saturated rings. The van der Waals surface area contributed by atoms with Gasteiger partial charge in [0.1, 0.15) is 5.82 Å². The molecule has 0 saturated carbocycles. The van der Waals surface area contributed by atoms with Crippen molar-refractivity contribution in [3.8, 4) is 22.3 Å². The van der Waals surface area contributed by atoms with Crippen LogP contribution in [0.3, 0.4) is 0 Å². The molecular formula is C59H45BFNSi. The number of hydrogen-bond acceptors (Lipinski definition) is 1. The molecule has 0 atom stereocenters. The summed E-state index contributed by atoms with van der Waals surface area (Å²) in [4.78, 5) is 2.39. The van der Waals surface area contributed by atoms with Crippen LogP contribution >= 0.6 is 0 Å². The van der Waals surface area contributed by atoms with E-state index < -0.39 is 14.8 Å². The lowest BCUT2D eigenvalue weighted by atomic mass is 9.35. The Morgan fingerprint density at radius 2 is 0.968 bits per heavy atom. The van der Waals surface area contributed by atoms with Crippen LogP contribution < -0.4 is 26.5 Å². The van der Waals surface area contributed by atoms with Crippen LogP contribution in [0.15, 0.2) is 218 Å². The Morgan fingerprint density at radius 1 is 0.429 bits per heavy atom. The van der Waals surface area contributed by atoms with Gasteiger partial charge < -0.3 is 4.90 Å². The minimum absolute atomic E-state index is 0.214. The molecule has 0 unspecified atom stereocenters. The highest BCUT2D eigenvalue weighted by atomic mass is 28.3. The van der Waals surface area contributed by atoms with Gasteiger partial charge in [-0.2, -0.15) is 0 Å². The number of anilines is 3. The van der Waals surface area contributed by atoms with E-state index in [0.29, 0.717) is 5.46 Å². The predicted octanol–water partition coefficient (Wildman–Crippen LogP) is 13.7. The third kappa shape index (κ3) is 6.70. The summed E-state index contributed by atoms with van der Waals surface area (Å²) in [6.07, 6.45) is 0. The SMILES string of the molecule is C[Si](C)(C)c1ccc(B(c2c(F)cc(-c3ccccc3)cc2-c2ccccc2)c2ccc3c4ccccc4c4c(N(c5ccccc5)c5ccccc5)ccc5ccc2c3c54)cc1. The van der Waals surface area contributed by atoms with Gasteiger partial charge in [0.2, 0.25) is 6.71 Å². The molecule has 0 spiro atoms. The molecule has 1 nitrogen and oxygen atoms in total. The molecule has 63 heavy (non-hydrogen) atoms. The number of halogens is 1. The van der Waals surface area contributed by atoms with Crippen LogP contribution in [-0.2, 0) is 0 Å². The summed E-state index contributed by atoms with van der Waals surface area (Å²) >= 11 is 0. The van der Waals surface area contributed by atoms with E-state index in [0.717, 1.165) is 55.6 Å². The second kappa shape index (κ2) is 15.6. The highest BCUT2D eigenvalue weighted by Crippen LogP contribution is 2.47. The molecule has 0 heterocycles. The maximum atomic E-state index is 17.8. The lowest BCUT2D eigenvalue weighted by molar-refractivity contribution is 0.636. The van der Waals surface area contributed by atoms with Gasteiger partial charge >= 0.3 is 0 Å². The van der Waals surface area contributed by atoms with Crippen molar-refractivity contribution in [1.82, 2.24) is 0 Å². The Bertz CT molecular complexity index is 3380. The van der Waals surface area contributed by atoms with Crippen molar-refractivity contribution in [2.24, 2.45) is 0 Å². The van der Waals surface area contributed by atoms with Crippen molar-refractivity contribution >= 4 is 96.5 Å². The molecule has 0 N–H and O–H groups in total. The quantitative estimate of drug-likeness (QED) is 0.0796. The van der Waals surface area contributed by atoms with Crippen LogP contribution in [0.5, 0.6) is 0 Å². The third-order valence-corrected chi connectivity index (χ3v) is 15.0. The maximum Gasteiger partial charge on any atom is 0.246 e. The Labute approximate surface area is 370 Å². The normalized spacial score (nSPS) is 11.8. The van der Waals surface area contributed by atoms with Gasteiger partial charge in [0.15, 0.2) is 0 Å². The lowest BCUT2D eigenvalue weighted by Gasteiger charge is -2.29. The molecule has 11 rings (SSSR count). The summed E-state index contributed by atoms with van der Waals surface area (Å²) in [7, 11) is -1.63. The topological polar surface area (TPSA) is 3.24 Å². The van der Waals surface area contributed by atoms with Gasteiger partial charge in [0, 0.05) is 22.1 Å². The first kappa shape index (κ1) is 38.6. The van der Waals surface area contributed by atoms with Crippen LogP contribution in [0.4, 0.5) is 21.5 Å². The monoisotopic (exact) mass is 825 g/mol. The largest absolute Gasteiger partial charge is 0.310 e. The minimum Gasteiger partial charge on any atom is -0.310 e. The molecule has 0 bridgehead atoms. The summed E-state index contributed by atoms with van der Waals surface area (Å²) in [5, 5.41) is 10.9. The summed E-state index contributed by atoms with van der Waals surface area (Å²) in [6, 6.07) is 77.5. The third-order valence-electron chi connectivity index (χ3n) is 13.0. The number of benzene rings is 11. The van der Waals surface area contributed by atoms with Crippen LogP contribution in [0, 0.1) is 5.82 Å². The number of fused-ring (bicyclic) bond motifs is 3. The smallest absolute Gasteiger partial charge is 0.246 e. The highest BCUT2D eigenvalue weighted by molar-refractivity contribution is 6.98. The number of para-hydroxylation sites is 2. The predicted molar refractivity (Wildman–Crippen MR) is 274 cm³/mol. The molecule has 300 valence electrons. The summed E-state index contributed by atoms with van der Waals surface area (Å²) in [5.74, 6) is -0.214. The summed E-state index contributed by atoms with van der Waals surface area (Å²) < 4.78 is 17.8. The minimum atomic E-state index is -1.63. The zero-order valence-corrected chi connectivity index (χ0v) is 36.7. The number of rotatable bonds is 9. The molecule has 11 aromatic rings. The van der Waals surface area contributed by atoms with Crippen molar-refractivity contribution in [2.45, 2.75) is 19.6 Å². The molecule has 0 radical (unpaired) electrons. The first-order valence-corrected chi connectivity index (χ1v) is 25.4. The molecule has 11 aromatic carbocycles. The molecule has 0 aliphatic rings. The fourth-order valence-corrected chi connectivity index (χ4v) is 11.1. The highest BCUT2D eigenvalue weighted by Gasteiger charge is 2.32. The van der Waals surface area contributed by atoms with E-state index in [1.165, 1.54) is 42.9 Å². The van der Waals surface area contributed by atoms with Crippen LogP contribution in [0.1, 0.15) is 0 Å². The van der Waals surface area contributed by atoms with Gasteiger partial charge in [0.25, 0.3) is 0 Å². The standard InChI is InChI=1S/C59H45BFNSi/c1-63(2,3)47-32-30-44(31-33-47)60(59-52(41-20-10-5-11-21-41)38-43(39-54(59)61)40-18-8-4-9-19-40)53-36-35-50-48-26-16-17-27-49(48)58-55(37-29-42-28-34-51(53)57(50)56(42)58)62(45-22-12-6-13-23-45)46-24-14-7-15-25-46/h4-39H,1-3H3. The Kier molecular flexibility index (Phi) is 9.55. The van der Waals surface area contributed by atoms with Crippen molar-refractivity contribution in [2.75, 3.05) is 4.90 Å². The lowest BCUT2D eigenvalue weighted by Crippen LogP contribution is -2.54. The van der Waals surface area contributed by atoms with Crippen molar-refractivity contribution in [3.05, 3.63) is 224 Å². The zero-order chi connectivity index (χ0) is 42.7. The van der Waals surface area contributed by atoms with E-state index in [-0.39, 0.29) is 5.82 Å². The number of hydrogen-bond donors (Lipinski definition) is 0. The maximum absolute atomic E-state index is 17.8. The average Bonchev–Trinajstić information content (AvgIpc) is 3.33. The Balaban J connectivity index is 1.25. The molecular weight excluding hydrogens is 781 g/mol. The van der Waals surface area contributed by atoms with E-state index in [9.17, 15) is 0 Å². The van der Waals surface area contributed by atoms with Crippen LogP contribution in [0.2, 0.25) is 19.6 Å². The second-order valence-corrected chi connectivity index (χ2v) is 22.8. The average molecular weight is 826 g/mol.